The smallest absolute Gasteiger partial charge is 0.222 e. The molecule has 18 heavy (non-hydrogen) atoms. The summed E-state index contributed by atoms with van der Waals surface area (Å²) in [6.07, 6.45) is 1.98. The lowest BCUT2D eigenvalue weighted by Crippen LogP contribution is -2.25. The van der Waals surface area contributed by atoms with Crippen LogP contribution in [0.1, 0.15) is 36.6 Å². The lowest BCUT2D eigenvalue weighted by atomic mass is 10.2. The minimum Gasteiger partial charge on any atom is -0.395 e. The van der Waals surface area contributed by atoms with Gasteiger partial charge in [-0.3, -0.25) is 4.79 Å². The Morgan fingerprint density at radius 2 is 2.33 bits per heavy atom. The molecule has 0 aliphatic heterocycles. The van der Waals surface area contributed by atoms with Crippen LogP contribution >= 0.6 is 11.3 Å². The van der Waals surface area contributed by atoms with Crippen molar-refractivity contribution in [2.45, 2.75) is 32.7 Å². The van der Waals surface area contributed by atoms with E-state index in [2.05, 4.69) is 11.8 Å². The van der Waals surface area contributed by atoms with E-state index in [1.165, 1.54) is 0 Å². The van der Waals surface area contributed by atoms with Crippen molar-refractivity contribution in [2.24, 2.45) is 0 Å². The van der Waals surface area contributed by atoms with Crippen LogP contribution in [0.15, 0.2) is 11.4 Å². The van der Waals surface area contributed by atoms with Crippen molar-refractivity contribution in [3.05, 3.63) is 21.9 Å². The van der Waals surface area contributed by atoms with Gasteiger partial charge in [0.05, 0.1) is 11.5 Å². The number of aliphatic hydroxyl groups is 1. The monoisotopic (exact) mass is 265 g/mol. The van der Waals surface area contributed by atoms with Crippen molar-refractivity contribution in [3.8, 4) is 11.8 Å². The zero-order valence-electron chi connectivity index (χ0n) is 10.9. The van der Waals surface area contributed by atoms with Crippen molar-refractivity contribution in [2.75, 3.05) is 13.7 Å². The van der Waals surface area contributed by atoms with Crippen LogP contribution in [0.5, 0.6) is 0 Å². The third-order valence-corrected chi connectivity index (χ3v) is 3.31. The molecule has 0 aromatic carbocycles. The van der Waals surface area contributed by atoms with E-state index in [4.69, 9.17) is 5.11 Å². The first-order valence-corrected chi connectivity index (χ1v) is 6.96. The Bertz CT molecular complexity index is 442. The molecule has 0 saturated carbocycles. The number of nitrogens with zero attached hydrogens (tertiary/aromatic N) is 1. The minimum absolute atomic E-state index is 0.0967. The van der Waals surface area contributed by atoms with E-state index in [-0.39, 0.29) is 12.5 Å². The Labute approximate surface area is 112 Å². The standard InChI is InChI=1S/C14H19NO2S/c1-3-6-14(17)15(2)10-12-9-13(18-11-12)7-4-5-8-16/h9,11,16H,3,5-6,8,10H2,1-2H3. The molecule has 1 amide bonds. The molecule has 0 radical (unpaired) electrons. The maximum Gasteiger partial charge on any atom is 0.222 e. The second-order valence-electron chi connectivity index (χ2n) is 4.09. The third kappa shape index (κ3) is 4.91. The molecule has 0 bridgehead atoms. The van der Waals surface area contributed by atoms with Gasteiger partial charge in [0.15, 0.2) is 0 Å². The molecule has 0 spiro atoms. The molecule has 98 valence electrons. The summed E-state index contributed by atoms with van der Waals surface area (Å²) in [6, 6.07) is 2.00. The van der Waals surface area contributed by atoms with E-state index in [1.54, 1.807) is 16.2 Å². The van der Waals surface area contributed by atoms with E-state index in [1.807, 2.05) is 25.4 Å². The van der Waals surface area contributed by atoms with Gasteiger partial charge >= 0.3 is 0 Å². The van der Waals surface area contributed by atoms with E-state index in [0.717, 1.165) is 16.9 Å². The second-order valence-corrected chi connectivity index (χ2v) is 5.01. The zero-order chi connectivity index (χ0) is 13.4. The van der Waals surface area contributed by atoms with Crippen LogP contribution in [0.4, 0.5) is 0 Å². The fraction of sp³-hybridized carbons (Fsp3) is 0.500. The Hall–Kier alpha value is -1.31. The highest BCUT2D eigenvalue weighted by atomic mass is 32.1. The third-order valence-electron chi connectivity index (χ3n) is 2.41. The number of hydrogen-bond donors (Lipinski definition) is 1. The molecule has 0 atom stereocenters. The first kappa shape index (κ1) is 14.7. The lowest BCUT2D eigenvalue weighted by Gasteiger charge is -2.15. The van der Waals surface area contributed by atoms with Crippen LogP contribution < -0.4 is 0 Å². The average molecular weight is 265 g/mol. The maximum atomic E-state index is 11.6. The first-order valence-electron chi connectivity index (χ1n) is 6.08. The van der Waals surface area contributed by atoms with Gasteiger partial charge in [-0.15, -0.1) is 11.3 Å². The first-order chi connectivity index (χ1) is 8.67. The average Bonchev–Trinajstić information content (AvgIpc) is 2.77. The SMILES string of the molecule is CCCC(=O)N(C)Cc1csc(C#CCCO)c1. The van der Waals surface area contributed by atoms with Crippen molar-refractivity contribution in [1.82, 2.24) is 4.90 Å². The molecule has 4 heteroatoms. The highest BCUT2D eigenvalue weighted by molar-refractivity contribution is 7.10. The predicted molar refractivity (Wildman–Crippen MR) is 74.3 cm³/mol. The molecular formula is C14H19NO2S. The molecule has 0 aliphatic carbocycles. The van der Waals surface area contributed by atoms with Gasteiger partial charge in [0.1, 0.15) is 0 Å². The Kier molecular flexibility index (Phi) is 6.48. The predicted octanol–water partition coefficient (Wildman–Crippen LogP) is 2.24. The van der Waals surface area contributed by atoms with Gasteiger partial charge in [-0.1, -0.05) is 18.8 Å². The molecule has 0 aliphatic rings. The molecule has 1 heterocycles. The van der Waals surface area contributed by atoms with E-state index < -0.39 is 0 Å². The summed E-state index contributed by atoms with van der Waals surface area (Å²) in [5, 5.41) is 10.7. The molecule has 0 fully saturated rings. The number of carbonyl (C=O) groups excluding carboxylic acids is 1. The normalized spacial score (nSPS) is 9.72. The van der Waals surface area contributed by atoms with Crippen LogP contribution in [0, 0.1) is 11.8 Å². The largest absolute Gasteiger partial charge is 0.395 e. The number of rotatable bonds is 5. The Balaban J connectivity index is 2.54. The van der Waals surface area contributed by atoms with Gasteiger partial charge < -0.3 is 10.0 Å². The van der Waals surface area contributed by atoms with E-state index in [9.17, 15) is 4.79 Å². The van der Waals surface area contributed by atoms with Gasteiger partial charge in [0, 0.05) is 26.4 Å². The molecule has 3 nitrogen and oxygen atoms in total. The Morgan fingerprint density at radius 1 is 1.56 bits per heavy atom. The van der Waals surface area contributed by atoms with Crippen molar-refractivity contribution >= 4 is 17.2 Å². The summed E-state index contributed by atoms with van der Waals surface area (Å²) in [4.78, 5) is 14.4. The number of amides is 1. The fourth-order valence-corrected chi connectivity index (χ4v) is 2.27. The van der Waals surface area contributed by atoms with Gasteiger partial charge in [0.2, 0.25) is 5.91 Å². The lowest BCUT2D eigenvalue weighted by molar-refractivity contribution is -0.130. The second kappa shape index (κ2) is 7.91. The van der Waals surface area contributed by atoms with Crippen LogP contribution in [0.3, 0.4) is 0 Å². The van der Waals surface area contributed by atoms with Crippen LogP contribution in [0.25, 0.3) is 0 Å². The Morgan fingerprint density at radius 3 is 3.00 bits per heavy atom. The van der Waals surface area contributed by atoms with Gasteiger partial charge in [-0.05, 0) is 23.4 Å². The topological polar surface area (TPSA) is 40.5 Å². The summed E-state index contributed by atoms with van der Waals surface area (Å²) in [6.45, 7) is 2.74. The molecule has 1 rings (SSSR count). The number of thiophene rings is 1. The number of carbonyl (C=O) groups is 1. The number of aliphatic hydroxyl groups excluding tert-OH is 1. The van der Waals surface area contributed by atoms with E-state index >= 15 is 0 Å². The zero-order valence-corrected chi connectivity index (χ0v) is 11.7. The molecule has 0 unspecified atom stereocenters. The number of hydrogen-bond acceptors (Lipinski definition) is 3. The van der Waals surface area contributed by atoms with Crippen molar-refractivity contribution < 1.29 is 9.90 Å². The van der Waals surface area contributed by atoms with E-state index in [0.29, 0.717) is 19.4 Å². The van der Waals surface area contributed by atoms with Gasteiger partial charge in [-0.25, -0.2) is 0 Å². The minimum atomic E-state index is 0.0967. The molecule has 1 N–H and O–H groups in total. The van der Waals surface area contributed by atoms with Gasteiger partial charge in [-0.2, -0.15) is 0 Å². The molecule has 1 aromatic rings. The molecule has 1 aromatic heterocycles. The quantitative estimate of drug-likeness (QED) is 0.829. The molecular weight excluding hydrogens is 246 g/mol. The molecule has 0 saturated heterocycles. The fourth-order valence-electron chi connectivity index (χ4n) is 1.50. The summed E-state index contributed by atoms with van der Waals surface area (Å²) < 4.78 is 0. The van der Waals surface area contributed by atoms with Crippen LogP contribution in [-0.4, -0.2) is 29.6 Å². The summed E-state index contributed by atoms with van der Waals surface area (Å²) >= 11 is 1.57. The van der Waals surface area contributed by atoms with Crippen molar-refractivity contribution in [3.63, 3.8) is 0 Å². The summed E-state index contributed by atoms with van der Waals surface area (Å²) in [5.41, 5.74) is 1.11. The summed E-state index contributed by atoms with van der Waals surface area (Å²) in [5.74, 6) is 6.07. The van der Waals surface area contributed by atoms with Crippen molar-refractivity contribution in [1.29, 1.82) is 0 Å². The maximum absolute atomic E-state index is 11.6. The summed E-state index contributed by atoms with van der Waals surface area (Å²) in [7, 11) is 1.83. The van der Waals surface area contributed by atoms with Crippen LogP contribution in [0.2, 0.25) is 0 Å². The highest BCUT2D eigenvalue weighted by Gasteiger charge is 2.08. The van der Waals surface area contributed by atoms with Crippen LogP contribution in [-0.2, 0) is 11.3 Å². The highest BCUT2D eigenvalue weighted by Crippen LogP contribution is 2.15. The van der Waals surface area contributed by atoms with Gasteiger partial charge in [0.25, 0.3) is 0 Å².